The zero-order chi connectivity index (χ0) is 20.6. The van der Waals surface area contributed by atoms with Crippen LogP contribution in [0.15, 0.2) is 77.7 Å². The second-order valence-corrected chi connectivity index (χ2v) is 6.66. The average molecular weight is 393 g/mol. The smallest absolute Gasteiger partial charge is 0.303 e. The molecule has 3 aromatic rings. The molecule has 6 nitrogen and oxygen atoms in total. The van der Waals surface area contributed by atoms with Crippen molar-refractivity contribution in [1.29, 1.82) is 0 Å². The number of pyridine rings is 1. The lowest BCUT2D eigenvalue weighted by Crippen LogP contribution is -2.19. The Bertz CT molecular complexity index is 959. The lowest BCUT2D eigenvalue weighted by atomic mass is 10.0. The first kappa shape index (κ1) is 20.4. The third kappa shape index (κ3) is 5.33. The van der Waals surface area contributed by atoms with Gasteiger partial charge in [-0.3, -0.25) is 9.59 Å². The summed E-state index contributed by atoms with van der Waals surface area (Å²) >= 11 is 0. The van der Waals surface area contributed by atoms with E-state index in [2.05, 4.69) is 0 Å². The number of ether oxygens (including phenoxy) is 1. The molecule has 2 N–H and O–H groups in total. The van der Waals surface area contributed by atoms with Crippen LogP contribution in [-0.2, 0) is 17.9 Å². The van der Waals surface area contributed by atoms with Gasteiger partial charge in [-0.05, 0) is 17.5 Å². The van der Waals surface area contributed by atoms with E-state index in [4.69, 9.17) is 9.84 Å². The number of carboxylic acids is 1. The number of nitrogens with zero attached hydrogens (tertiary/aromatic N) is 1. The number of aromatic nitrogens is 1. The Balaban J connectivity index is 1.95. The highest BCUT2D eigenvalue weighted by atomic mass is 16.5. The van der Waals surface area contributed by atoms with E-state index in [1.54, 1.807) is 10.8 Å². The van der Waals surface area contributed by atoms with Crippen LogP contribution in [0.25, 0.3) is 0 Å². The quantitative estimate of drug-likeness (QED) is 0.582. The van der Waals surface area contributed by atoms with Crippen LogP contribution in [0.1, 0.15) is 35.8 Å². The van der Waals surface area contributed by atoms with Crippen molar-refractivity contribution in [3.05, 3.63) is 100.0 Å². The van der Waals surface area contributed by atoms with Gasteiger partial charge in [0.05, 0.1) is 12.8 Å². The molecule has 0 saturated carbocycles. The average Bonchev–Trinajstić information content (AvgIpc) is 2.74. The summed E-state index contributed by atoms with van der Waals surface area (Å²) in [6.45, 7) is 0.0452. The fourth-order valence-corrected chi connectivity index (χ4v) is 3.14. The first-order valence-corrected chi connectivity index (χ1v) is 9.41. The van der Waals surface area contributed by atoms with Crippen LogP contribution < -0.4 is 10.2 Å². The molecule has 0 spiro atoms. The summed E-state index contributed by atoms with van der Waals surface area (Å²) in [6, 6.07) is 20.5. The summed E-state index contributed by atoms with van der Waals surface area (Å²) in [5, 5.41) is 18.4. The van der Waals surface area contributed by atoms with E-state index in [1.807, 2.05) is 60.7 Å². The molecule has 6 heteroatoms. The molecular formula is C23H23NO5. The number of carboxylic acid groups (broad SMARTS) is 1. The molecule has 0 saturated heterocycles. The zero-order valence-corrected chi connectivity index (χ0v) is 15.9. The predicted octanol–water partition coefficient (Wildman–Crippen LogP) is 3.37. The van der Waals surface area contributed by atoms with Crippen molar-refractivity contribution in [2.75, 3.05) is 0 Å². The summed E-state index contributed by atoms with van der Waals surface area (Å²) in [6.07, 6.45) is 1.46. The zero-order valence-electron chi connectivity index (χ0n) is 15.9. The van der Waals surface area contributed by atoms with E-state index in [0.29, 0.717) is 18.7 Å². The lowest BCUT2D eigenvalue weighted by molar-refractivity contribution is -0.137. The van der Waals surface area contributed by atoms with Gasteiger partial charge in [-0.1, -0.05) is 60.7 Å². The fraction of sp³-hybridized carbons (Fsp3) is 0.217. The summed E-state index contributed by atoms with van der Waals surface area (Å²) in [5.74, 6) is -0.739. The van der Waals surface area contributed by atoms with Crippen LogP contribution in [0.3, 0.4) is 0 Å². The SMILES string of the molecule is O=C(O)CCCn1cc(OC(c2ccccc2)c2ccccc2)c(=O)cc1CO. The van der Waals surface area contributed by atoms with Gasteiger partial charge in [0.2, 0.25) is 5.43 Å². The number of aryl methyl sites for hydroxylation is 1. The summed E-state index contributed by atoms with van der Waals surface area (Å²) in [5.41, 5.74) is 1.90. The molecule has 150 valence electrons. The highest BCUT2D eigenvalue weighted by Gasteiger charge is 2.18. The van der Waals surface area contributed by atoms with Gasteiger partial charge in [0.15, 0.2) is 5.75 Å². The number of carbonyl (C=O) groups is 1. The molecule has 29 heavy (non-hydrogen) atoms. The number of aliphatic hydroxyl groups is 1. The monoisotopic (exact) mass is 393 g/mol. The number of aliphatic hydroxyl groups excluding tert-OH is 1. The number of hydrogen-bond acceptors (Lipinski definition) is 4. The molecule has 2 aromatic carbocycles. The normalized spacial score (nSPS) is 10.8. The molecular weight excluding hydrogens is 370 g/mol. The third-order valence-electron chi connectivity index (χ3n) is 4.58. The van der Waals surface area contributed by atoms with Crippen LogP contribution in [0, 0.1) is 0 Å². The van der Waals surface area contributed by atoms with Gasteiger partial charge in [-0.2, -0.15) is 0 Å². The molecule has 0 amide bonds. The molecule has 1 aromatic heterocycles. The summed E-state index contributed by atoms with van der Waals surface area (Å²) in [7, 11) is 0. The first-order chi connectivity index (χ1) is 14.1. The third-order valence-corrected chi connectivity index (χ3v) is 4.58. The van der Waals surface area contributed by atoms with Crippen molar-refractivity contribution < 1.29 is 19.7 Å². The van der Waals surface area contributed by atoms with Gasteiger partial charge >= 0.3 is 5.97 Å². The van der Waals surface area contributed by atoms with Gasteiger partial charge in [0.1, 0.15) is 6.10 Å². The second-order valence-electron chi connectivity index (χ2n) is 6.66. The topological polar surface area (TPSA) is 88.8 Å². The summed E-state index contributed by atoms with van der Waals surface area (Å²) < 4.78 is 7.83. The molecule has 0 atom stereocenters. The number of aliphatic carboxylic acids is 1. The Morgan fingerprint density at radius 1 is 1.00 bits per heavy atom. The van der Waals surface area contributed by atoms with Crippen LogP contribution >= 0.6 is 0 Å². The first-order valence-electron chi connectivity index (χ1n) is 9.41. The van der Waals surface area contributed by atoms with Crippen molar-refractivity contribution in [1.82, 2.24) is 4.57 Å². The van der Waals surface area contributed by atoms with E-state index >= 15 is 0 Å². The van der Waals surface area contributed by atoms with E-state index in [9.17, 15) is 14.7 Å². The Kier molecular flexibility index (Phi) is 6.81. The van der Waals surface area contributed by atoms with Gasteiger partial charge in [-0.25, -0.2) is 0 Å². The van der Waals surface area contributed by atoms with Gasteiger partial charge < -0.3 is 19.5 Å². The second kappa shape index (κ2) is 9.71. The standard InChI is InChI=1S/C23H23NO5/c25-16-19-14-20(26)21(15-24(19)13-7-12-22(27)28)29-23(17-8-3-1-4-9-17)18-10-5-2-6-11-18/h1-6,8-11,14-15,23,25H,7,12-13,16H2,(H,27,28). The maximum Gasteiger partial charge on any atom is 0.303 e. The lowest BCUT2D eigenvalue weighted by Gasteiger charge is -2.21. The maximum absolute atomic E-state index is 12.6. The van der Waals surface area contributed by atoms with E-state index in [1.165, 1.54) is 6.07 Å². The molecule has 0 aliphatic rings. The molecule has 0 radical (unpaired) electrons. The number of rotatable bonds is 9. The Hall–Kier alpha value is -3.38. The van der Waals surface area contributed by atoms with Gasteiger partial charge in [0.25, 0.3) is 0 Å². The van der Waals surface area contributed by atoms with Crippen molar-refractivity contribution in [3.8, 4) is 5.75 Å². The molecule has 0 fully saturated rings. The molecule has 0 bridgehead atoms. The van der Waals surface area contributed by atoms with E-state index in [0.717, 1.165) is 11.1 Å². The minimum absolute atomic E-state index is 0.00381. The van der Waals surface area contributed by atoms with Gasteiger partial charge in [0, 0.05) is 24.7 Å². The molecule has 1 heterocycles. The Morgan fingerprint density at radius 3 is 2.10 bits per heavy atom. The van der Waals surface area contributed by atoms with Crippen LogP contribution in [0.4, 0.5) is 0 Å². The Morgan fingerprint density at radius 2 is 1.59 bits per heavy atom. The molecule has 0 aliphatic heterocycles. The highest BCUT2D eigenvalue weighted by Crippen LogP contribution is 2.27. The van der Waals surface area contributed by atoms with Crippen molar-refractivity contribution in [3.63, 3.8) is 0 Å². The van der Waals surface area contributed by atoms with E-state index < -0.39 is 12.1 Å². The van der Waals surface area contributed by atoms with E-state index in [-0.39, 0.29) is 24.2 Å². The van der Waals surface area contributed by atoms with Crippen molar-refractivity contribution >= 4 is 5.97 Å². The van der Waals surface area contributed by atoms with Crippen molar-refractivity contribution in [2.45, 2.75) is 32.1 Å². The molecule has 3 rings (SSSR count). The van der Waals surface area contributed by atoms with Crippen molar-refractivity contribution in [2.24, 2.45) is 0 Å². The minimum Gasteiger partial charge on any atom is -0.481 e. The summed E-state index contributed by atoms with van der Waals surface area (Å²) in [4.78, 5) is 23.4. The fourth-order valence-electron chi connectivity index (χ4n) is 3.14. The minimum atomic E-state index is -0.888. The number of benzene rings is 2. The molecule has 0 unspecified atom stereocenters. The number of hydrogen-bond donors (Lipinski definition) is 2. The van der Waals surface area contributed by atoms with Crippen LogP contribution in [0.5, 0.6) is 5.75 Å². The maximum atomic E-state index is 12.6. The van der Waals surface area contributed by atoms with Gasteiger partial charge in [-0.15, -0.1) is 0 Å². The van der Waals surface area contributed by atoms with Crippen LogP contribution in [-0.4, -0.2) is 20.7 Å². The molecule has 0 aliphatic carbocycles. The Labute approximate surface area is 168 Å². The highest BCUT2D eigenvalue weighted by molar-refractivity contribution is 5.66. The largest absolute Gasteiger partial charge is 0.481 e. The predicted molar refractivity (Wildman–Crippen MR) is 109 cm³/mol. The van der Waals surface area contributed by atoms with Crippen LogP contribution in [0.2, 0.25) is 0 Å².